The molecule has 0 aliphatic heterocycles. The highest BCUT2D eigenvalue weighted by molar-refractivity contribution is 9.10. The van der Waals surface area contributed by atoms with E-state index in [9.17, 15) is 4.39 Å². The summed E-state index contributed by atoms with van der Waals surface area (Å²) in [5.41, 5.74) is 4.43. The standard InChI is InChI=1S/C22H15Br2FN2/c23-18-8-3-6-15(11-18)21-13-22(16-7-4-9-19(24)12-16)27(26-21)14-17-5-1-2-10-20(17)25/h1-13H,14H2. The second-order valence-electron chi connectivity index (χ2n) is 6.18. The molecule has 0 aliphatic carbocycles. The third kappa shape index (κ3) is 4.04. The molecule has 0 fully saturated rings. The van der Waals surface area contributed by atoms with Gasteiger partial charge in [0, 0.05) is 25.6 Å². The fourth-order valence-corrected chi connectivity index (χ4v) is 3.79. The first kappa shape index (κ1) is 18.1. The van der Waals surface area contributed by atoms with Crippen molar-refractivity contribution < 1.29 is 4.39 Å². The molecule has 0 radical (unpaired) electrons. The van der Waals surface area contributed by atoms with Crippen LogP contribution in [0.2, 0.25) is 0 Å². The number of nitrogens with zero attached hydrogens (tertiary/aromatic N) is 2. The number of hydrogen-bond donors (Lipinski definition) is 0. The molecule has 0 bridgehead atoms. The molecule has 134 valence electrons. The summed E-state index contributed by atoms with van der Waals surface area (Å²) in [5.74, 6) is -0.225. The first-order valence-electron chi connectivity index (χ1n) is 8.43. The van der Waals surface area contributed by atoms with Gasteiger partial charge in [-0.3, -0.25) is 4.68 Å². The number of hydrogen-bond acceptors (Lipinski definition) is 1. The predicted molar refractivity (Wildman–Crippen MR) is 114 cm³/mol. The highest BCUT2D eigenvalue weighted by atomic mass is 79.9. The Hall–Kier alpha value is -2.24. The van der Waals surface area contributed by atoms with Crippen LogP contribution in [0.25, 0.3) is 22.5 Å². The summed E-state index contributed by atoms with van der Waals surface area (Å²) in [6.07, 6.45) is 0. The van der Waals surface area contributed by atoms with Gasteiger partial charge < -0.3 is 0 Å². The molecule has 3 aromatic carbocycles. The van der Waals surface area contributed by atoms with Gasteiger partial charge in [-0.15, -0.1) is 0 Å². The van der Waals surface area contributed by atoms with Gasteiger partial charge in [-0.05, 0) is 36.4 Å². The predicted octanol–water partition coefficient (Wildman–Crippen LogP) is 6.93. The summed E-state index contributed by atoms with van der Waals surface area (Å²) in [6.45, 7) is 0.364. The molecule has 4 rings (SSSR count). The average molecular weight is 486 g/mol. The quantitative estimate of drug-likeness (QED) is 0.306. The molecular formula is C22H15Br2FN2. The van der Waals surface area contributed by atoms with E-state index in [4.69, 9.17) is 5.10 Å². The van der Waals surface area contributed by atoms with Crippen LogP contribution in [0.5, 0.6) is 0 Å². The first-order chi connectivity index (χ1) is 13.1. The molecule has 4 aromatic rings. The molecule has 1 aromatic heterocycles. The monoisotopic (exact) mass is 484 g/mol. The SMILES string of the molecule is Fc1ccccc1Cn1nc(-c2cccc(Br)c2)cc1-c1cccc(Br)c1. The first-order valence-corrected chi connectivity index (χ1v) is 10.0. The van der Waals surface area contributed by atoms with Crippen molar-refractivity contribution in [2.45, 2.75) is 6.54 Å². The van der Waals surface area contributed by atoms with E-state index >= 15 is 0 Å². The fourth-order valence-electron chi connectivity index (χ4n) is 2.99. The van der Waals surface area contributed by atoms with Crippen LogP contribution in [0.1, 0.15) is 5.56 Å². The van der Waals surface area contributed by atoms with Gasteiger partial charge in [0.25, 0.3) is 0 Å². The van der Waals surface area contributed by atoms with Crippen LogP contribution < -0.4 is 0 Å². The van der Waals surface area contributed by atoms with Gasteiger partial charge in [0.1, 0.15) is 5.82 Å². The van der Waals surface area contributed by atoms with Crippen molar-refractivity contribution >= 4 is 31.9 Å². The minimum atomic E-state index is -0.225. The number of halogens is 3. The maximum absolute atomic E-state index is 14.2. The lowest BCUT2D eigenvalue weighted by molar-refractivity contribution is 0.587. The van der Waals surface area contributed by atoms with E-state index in [1.807, 2.05) is 65.3 Å². The Balaban J connectivity index is 1.84. The van der Waals surface area contributed by atoms with Crippen LogP contribution in [0.3, 0.4) is 0 Å². The third-order valence-electron chi connectivity index (χ3n) is 4.30. The van der Waals surface area contributed by atoms with E-state index in [0.29, 0.717) is 12.1 Å². The van der Waals surface area contributed by atoms with Crippen molar-refractivity contribution in [1.29, 1.82) is 0 Å². The van der Waals surface area contributed by atoms with Crippen molar-refractivity contribution in [1.82, 2.24) is 9.78 Å². The van der Waals surface area contributed by atoms with Crippen molar-refractivity contribution in [3.63, 3.8) is 0 Å². The fraction of sp³-hybridized carbons (Fsp3) is 0.0455. The van der Waals surface area contributed by atoms with Gasteiger partial charge in [-0.2, -0.15) is 5.10 Å². The summed E-state index contributed by atoms with van der Waals surface area (Å²) in [7, 11) is 0. The average Bonchev–Trinajstić information content (AvgIpc) is 3.08. The number of aromatic nitrogens is 2. The van der Waals surface area contributed by atoms with Gasteiger partial charge in [0.15, 0.2) is 0 Å². The molecule has 0 N–H and O–H groups in total. The molecule has 27 heavy (non-hydrogen) atoms. The zero-order chi connectivity index (χ0) is 18.8. The summed E-state index contributed by atoms with van der Waals surface area (Å²) in [5, 5.41) is 4.78. The van der Waals surface area contributed by atoms with Gasteiger partial charge >= 0.3 is 0 Å². The Morgan fingerprint density at radius 2 is 1.44 bits per heavy atom. The molecule has 0 unspecified atom stereocenters. The van der Waals surface area contributed by atoms with Crippen molar-refractivity contribution in [2.75, 3.05) is 0 Å². The Morgan fingerprint density at radius 1 is 0.778 bits per heavy atom. The summed E-state index contributed by atoms with van der Waals surface area (Å²) in [6, 6.07) is 24.9. The van der Waals surface area contributed by atoms with Crippen LogP contribution in [0, 0.1) is 5.82 Å². The molecule has 2 nitrogen and oxygen atoms in total. The second kappa shape index (κ2) is 7.79. The minimum absolute atomic E-state index is 0.225. The number of benzene rings is 3. The molecule has 0 saturated heterocycles. The van der Waals surface area contributed by atoms with Crippen LogP contribution in [0.15, 0.2) is 87.8 Å². The van der Waals surface area contributed by atoms with Gasteiger partial charge in [-0.25, -0.2) is 4.39 Å². The van der Waals surface area contributed by atoms with Crippen molar-refractivity contribution in [3.8, 4) is 22.5 Å². The lowest BCUT2D eigenvalue weighted by Crippen LogP contribution is -2.05. The maximum atomic E-state index is 14.2. The van der Waals surface area contributed by atoms with Crippen molar-refractivity contribution in [3.05, 3.63) is 99.2 Å². The van der Waals surface area contributed by atoms with E-state index in [2.05, 4.69) is 31.9 Å². The largest absolute Gasteiger partial charge is 0.260 e. The molecule has 1 heterocycles. The topological polar surface area (TPSA) is 17.8 Å². The summed E-state index contributed by atoms with van der Waals surface area (Å²) < 4.78 is 18.0. The zero-order valence-electron chi connectivity index (χ0n) is 14.2. The van der Waals surface area contributed by atoms with E-state index < -0.39 is 0 Å². The molecule has 0 spiro atoms. The van der Waals surface area contributed by atoms with Gasteiger partial charge in [-0.1, -0.05) is 74.3 Å². The van der Waals surface area contributed by atoms with Crippen LogP contribution in [-0.4, -0.2) is 9.78 Å². The van der Waals surface area contributed by atoms with Gasteiger partial charge in [0.2, 0.25) is 0 Å². The Labute approximate surface area is 173 Å². The lowest BCUT2D eigenvalue weighted by atomic mass is 10.1. The second-order valence-corrected chi connectivity index (χ2v) is 8.02. The van der Waals surface area contributed by atoms with E-state index in [1.165, 1.54) is 6.07 Å². The molecule has 0 aliphatic rings. The van der Waals surface area contributed by atoms with Crippen LogP contribution in [-0.2, 0) is 6.54 Å². The van der Waals surface area contributed by atoms with E-state index in [1.54, 1.807) is 12.1 Å². The maximum Gasteiger partial charge on any atom is 0.128 e. The normalized spacial score (nSPS) is 10.9. The minimum Gasteiger partial charge on any atom is -0.260 e. The third-order valence-corrected chi connectivity index (χ3v) is 5.29. The molecule has 0 saturated carbocycles. The van der Waals surface area contributed by atoms with E-state index in [0.717, 1.165) is 31.5 Å². The highest BCUT2D eigenvalue weighted by Gasteiger charge is 2.14. The lowest BCUT2D eigenvalue weighted by Gasteiger charge is -2.09. The highest BCUT2D eigenvalue weighted by Crippen LogP contribution is 2.30. The van der Waals surface area contributed by atoms with Crippen molar-refractivity contribution in [2.24, 2.45) is 0 Å². The Kier molecular flexibility index (Phi) is 5.23. The molecule has 0 atom stereocenters. The summed E-state index contributed by atoms with van der Waals surface area (Å²) >= 11 is 7.04. The van der Waals surface area contributed by atoms with Crippen LogP contribution in [0.4, 0.5) is 4.39 Å². The number of rotatable bonds is 4. The van der Waals surface area contributed by atoms with Crippen LogP contribution >= 0.6 is 31.9 Å². The van der Waals surface area contributed by atoms with Gasteiger partial charge in [0.05, 0.1) is 17.9 Å². The molecule has 5 heteroatoms. The zero-order valence-corrected chi connectivity index (χ0v) is 17.4. The molecular weight excluding hydrogens is 471 g/mol. The van der Waals surface area contributed by atoms with E-state index in [-0.39, 0.29) is 5.82 Å². The molecule has 0 amide bonds. The Morgan fingerprint density at radius 3 is 2.15 bits per heavy atom. The summed E-state index contributed by atoms with van der Waals surface area (Å²) in [4.78, 5) is 0. The smallest absolute Gasteiger partial charge is 0.128 e. The Bertz CT molecular complexity index is 1100.